The number of nitrogens with zero attached hydrogens (tertiary/aromatic N) is 1. The summed E-state index contributed by atoms with van der Waals surface area (Å²) in [7, 11) is 0.590. The van der Waals surface area contributed by atoms with Gasteiger partial charge in [0, 0.05) is 20.5 Å². The van der Waals surface area contributed by atoms with Gasteiger partial charge in [-0.05, 0) is 30.5 Å². The number of ether oxygens (including phenoxy) is 2. The second-order valence-corrected chi connectivity index (χ2v) is 9.20. The van der Waals surface area contributed by atoms with E-state index < -0.39 is 28.5 Å². The van der Waals surface area contributed by atoms with Crippen molar-refractivity contribution in [2.45, 2.75) is 43.4 Å². The molecule has 0 atom stereocenters. The molecule has 0 bridgehead atoms. The molecule has 1 amide bonds. The number of hydrogen-bond acceptors (Lipinski definition) is 6. The fraction of sp³-hybridized carbons (Fsp3) is 0.579. The summed E-state index contributed by atoms with van der Waals surface area (Å²) in [6, 6.07) is 4.17. The van der Waals surface area contributed by atoms with Crippen molar-refractivity contribution in [1.29, 1.82) is 0 Å². The molecule has 0 heterocycles. The lowest BCUT2D eigenvalue weighted by Crippen LogP contribution is -2.23. The van der Waals surface area contributed by atoms with Crippen LogP contribution in [-0.4, -0.2) is 52.4 Å². The maximum atomic E-state index is 12.3. The Hall–Kier alpha value is -2.13. The number of rotatable bonds is 9. The standard InChI is InChI=1S/C19H28N2O6S/c1-21(2)28(24,25)15-9-10-17(26-3)16(12-15)20-18(22)13-27-19(23)11-8-14-6-4-5-7-14/h9-10,12,14H,4-8,11,13H2,1-3H3,(H,20,22). The van der Waals surface area contributed by atoms with Gasteiger partial charge < -0.3 is 14.8 Å². The highest BCUT2D eigenvalue weighted by Gasteiger charge is 2.20. The lowest BCUT2D eigenvalue weighted by atomic mass is 10.0. The zero-order valence-electron chi connectivity index (χ0n) is 16.6. The van der Waals surface area contributed by atoms with Gasteiger partial charge in [-0.3, -0.25) is 9.59 Å². The van der Waals surface area contributed by atoms with Gasteiger partial charge in [0.25, 0.3) is 5.91 Å². The molecule has 9 heteroatoms. The number of nitrogens with one attached hydrogen (secondary N) is 1. The first-order valence-electron chi connectivity index (χ1n) is 9.30. The van der Waals surface area contributed by atoms with Gasteiger partial charge in [0.15, 0.2) is 6.61 Å². The molecule has 0 radical (unpaired) electrons. The third-order valence-corrected chi connectivity index (χ3v) is 6.63. The quantitative estimate of drug-likeness (QED) is 0.625. The normalized spacial score (nSPS) is 14.9. The van der Waals surface area contributed by atoms with Gasteiger partial charge in [-0.25, -0.2) is 12.7 Å². The monoisotopic (exact) mass is 412 g/mol. The molecule has 1 N–H and O–H groups in total. The number of anilines is 1. The Labute approximate surface area is 166 Å². The highest BCUT2D eigenvalue weighted by molar-refractivity contribution is 7.89. The number of hydrogen-bond donors (Lipinski definition) is 1. The minimum absolute atomic E-state index is 0.0159. The molecule has 1 aliphatic carbocycles. The van der Waals surface area contributed by atoms with Crippen LogP contribution in [0.3, 0.4) is 0 Å². The summed E-state index contributed by atoms with van der Waals surface area (Å²) in [6.45, 7) is -0.433. The average Bonchev–Trinajstić information content (AvgIpc) is 3.18. The van der Waals surface area contributed by atoms with Gasteiger partial charge in [-0.2, -0.15) is 0 Å². The summed E-state index contributed by atoms with van der Waals surface area (Å²) in [6.07, 6.45) is 5.83. The molecular formula is C19H28N2O6S. The van der Waals surface area contributed by atoms with Crippen LogP contribution in [0.1, 0.15) is 38.5 Å². The average molecular weight is 413 g/mol. The van der Waals surface area contributed by atoms with Crippen LogP contribution in [-0.2, 0) is 24.3 Å². The molecule has 0 aromatic heterocycles. The molecule has 1 fully saturated rings. The van der Waals surface area contributed by atoms with E-state index in [0.717, 1.165) is 23.6 Å². The molecule has 1 saturated carbocycles. The van der Waals surface area contributed by atoms with E-state index in [9.17, 15) is 18.0 Å². The third-order valence-electron chi connectivity index (χ3n) is 4.82. The first kappa shape index (κ1) is 22.2. The summed E-state index contributed by atoms with van der Waals surface area (Å²) in [5.41, 5.74) is 0.192. The Balaban J connectivity index is 1.93. The minimum atomic E-state index is -3.66. The summed E-state index contributed by atoms with van der Waals surface area (Å²) in [4.78, 5) is 24.0. The maximum Gasteiger partial charge on any atom is 0.306 e. The van der Waals surface area contributed by atoms with Gasteiger partial charge in [-0.15, -0.1) is 0 Å². The van der Waals surface area contributed by atoms with Crippen LogP contribution in [0, 0.1) is 5.92 Å². The molecule has 0 aliphatic heterocycles. The van der Waals surface area contributed by atoms with Crippen LogP contribution >= 0.6 is 0 Å². The summed E-state index contributed by atoms with van der Waals surface area (Å²) in [5, 5.41) is 2.54. The van der Waals surface area contributed by atoms with E-state index in [4.69, 9.17) is 9.47 Å². The van der Waals surface area contributed by atoms with E-state index in [0.29, 0.717) is 18.1 Å². The van der Waals surface area contributed by atoms with Crippen molar-refractivity contribution >= 4 is 27.6 Å². The van der Waals surface area contributed by atoms with Crippen LogP contribution in [0.15, 0.2) is 23.1 Å². The predicted molar refractivity (Wildman–Crippen MR) is 105 cm³/mol. The van der Waals surface area contributed by atoms with Gasteiger partial charge in [0.05, 0.1) is 17.7 Å². The van der Waals surface area contributed by atoms with E-state index >= 15 is 0 Å². The number of sulfonamides is 1. The fourth-order valence-electron chi connectivity index (χ4n) is 3.18. The highest BCUT2D eigenvalue weighted by atomic mass is 32.2. The Kier molecular flexibility index (Phi) is 7.82. The largest absolute Gasteiger partial charge is 0.495 e. The first-order chi connectivity index (χ1) is 13.2. The van der Waals surface area contributed by atoms with Crippen molar-refractivity contribution in [3.05, 3.63) is 18.2 Å². The second kappa shape index (κ2) is 9.88. The smallest absolute Gasteiger partial charge is 0.306 e. The first-order valence-corrected chi connectivity index (χ1v) is 10.7. The van der Waals surface area contributed by atoms with E-state index in [-0.39, 0.29) is 10.6 Å². The van der Waals surface area contributed by atoms with Crippen LogP contribution < -0.4 is 10.1 Å². The Morgan fingerprint density at radius 2 is 1.89 bits per heavy atom. The molecule has 2 rings (SSSR count). The predicted octanol–water partition coefficient (Wildman–Crippen LogP) is 2.40. The lowest BCUT2D eigenvalue weighted by Gasteiger charge is -2.15. The van der Waals surface area contributed by atoms with Crippen molar-refractivity contribution in [1.82, 2.24) is 4.31 Å². The summed E-state index contributed by atoms with van der Waals surface area (Å²) < 4.78 is 35.8. The molecule has 28 heavy (non-hydrogen) atoms. The van der Waals surface area contributed by atoms with Crippen LogP contribution in [0.5, 0.6) is 5.75 Å². The number of carbonyl (C=O) groups is 2. The van der Waals surface area contributed by atoms with Crippen molar-refractivity contribution in [2.24, 2.45) is 5.92 Å². The zero-order valence-corrected chi connectivity index (χ0v) is 17.4. The van der Waals surface area contributed by atoms with Crippen molar-refractivity contribution in [3.8, 4) is 5.75 Å². The molecule has 156 valence electrons. The van der Waals surface area contributed by atoms with Crippen LogP contribution in [0.25, 0.3) is 0 Å². The van der Waals surface area contributed by atoms with E-state index in [1.165, 1.54) is 52.2 Å². The summed E-state index contributed by atoms with van der Waals surface area (Å²) >= 11 is 0. The molecule has 0 saturated heterocycles. The molecule has 1 aromatic rings. The molecular weight excluding hydrogens is 384 g/mol. The summed E-state index contributed by atoms with van der Waals surface area (Å²) in [5.74, 6) is -0.0875. The molecule has 0 spiro atoms. The van der Waals surface area contributed by atoms with Crippen LogP contribution in [0.4, 0.5) is 5.69 Å². The Morgan fingerprint density at radius 1 is 1.21 bits per heavy atom. The number of benzene rings is 1. The van der Waals surface area contributed by atoms with Gasteiger partial charge in [0.2, 0.25) is 10.0 Å². The topological polar surface area (TPSA) is 102 Å². The second-order valence-electron chi connectivity index (χ2n) is 7.05. The molecule has 1 aromatic carbocycles. The number of esters is 1. The third kappa shape index (κ3) is 5.93. The SMILES string of the molecule is COc1ccc(S(=O)(=O)N(C)C)cc1NC(=O)COC(=O)CCC1CCCC1. The Bertz CT molecular complexity index is 801. The van der Waals surface area contributed by atoms with Gasteiger partial charge >= 0.3 is 5.97 Å². The van der Waals surface area contributed by atoms with Gasteiger partial charge in [-0.1, -0.05) is 25.7 Å². The number of carbonyl (C=O) groups excluding carboxylic acids is 2. The van der Waals surface area contributed by atoms with Gasteiger partial charge in [0.1, 0.15) is 5.75 Å². The van der Waals surface area contributed by atoms with E-state index in [2.05, 4.69) is 5.32 Å². The molecule has 0 unspecified atom stereocenters. The number of amides is 1. The number of methoxy groups -OCH3 is 1. The molecule has 8 nitrogen and oxygen atoms in total. The van der Waals surface area contributed by atoms with Crippen molar-refractivity contribution in [2.75, 3.05) is 33.1 Å². The van der Waals surface area contributed by atoms with E-state index in [1.807, 2.05) is 0 Å². The van der Waals surface area contributed by atoms with Crippen molar-refractivity contribution < 1.29 is 27.5 Å². The zero-order chi connectivity index (χ0) is 20.7. The Morgan fingerprint density at radius 3 is 2.50 bits per heavy atom. The highest BCUT2D eigenvalue weighted by Crippen LogP contribution is 2.29. The lowest BCUT2D eigenvalue weighted by molar-refractivity contribution is -0.147. The van der Waals surface area contributed by atoms with E-state index in [1.54, 1.807) is 0 Å². The maximum absolute atomic E-state index is 12.3. The van der Waals surface area contributed by atoms with Crippen molar-refractivity contribution in [3.63, 3.8) is 0 Å². The van der Waals surface area contributed by atoms with Crippen LogP contribution in [0.2, 0.25) is 0 Å². The fourth-order valence-corrected chi connectivity index (χ4v) is 4.11. The molecule has 1 aliphatic rings. The minimum Gasteiger partial charge on any atom is -0.495 e.